The molecule has 1 saturated heterocycles. The van der Waals surface area contributed by atoms with Crippen LogP contribution in [-0.2, 0) is 19.3 Å². The molecule has 3 aromatic heterocycles. The van der Waals surface area contributed by atoms with Crippen LogP contribution in [0.5, 0.6) is 0 Å². The van der Waals surface area contributed by atoms with E-state index >= 15 is 0 Å². The van der Waals surface area contributed by atoms with Crippen LogP contribution in [0.15, 0.2) is 83.8 Å². The van der Waals surface area contributed by atoms with Crippen molar-refractivity contribution in [3.05, 3.63) is 84.8 Å². The van der Waals surface area contributed by atoms with Crippen LogP contribution in [0.25, 0.3) is 33.6 Å². The number of hydrogen-bond acceptors (Lipinski definition) is 9. The van der Waals surface area contributed by atoms with Crippen molar-refractivity contribution in [1.29, 1.82) is 0 Å². The highest BCUT2D eigenvalue weighted by atomic mass is 32.2. The van der Waals surface area contributed by atoms with Crippen molar-refractivity contribution in [2.75, 3.05) is 11.5 Å². The van der Waals surface area contributed by atoms with Gasteiger partial charge in [0.1, 0.15) is 35.7 Å². The molecule has 0 aliphatic carbocycles. The predicted molar refractivity (Wildman–Crippen MR) is 214 cm³/mol. The summed E-state index contributed by atoms with van der Waals surface area (Å²) >= 11 is 1.81. The highest BCUT2D eigenvalue weighted by Gasteiger charge is 2.54. The van der Waals surface area contributed by atoms with Crippen LogP contribution in [-0.4, -0.2) is 60.4 Å². The Hall–Kier alpha value is -3.27. The number of rotatable bonds is 11. The van der Waals surface area contributed by atoms with E-state index in [0.717, 1.165) is 39.2 Å². The summed E-state index contributed by atoms with van der Waals surface area (Å²) in [4.78, 5) is 8.90. The third kappa shape index (κ3) is 7.63. The molecule has 5 aromatic rings. The molecule has 1 fully saturated rings. The van der Waals surface area contributed by atoms with Gasteiger partial charge in [0.15, 0.2) is 28.6 Å². The first-order valence-corrected chi connectivity index (χ1v) is 24.7. The average molecular weight is 744 g/mol. The maximum absolute atomic E-state index is 7.38. The predicted octanol–water partition coefficient (Wildman–Crippen LogP) is 9.95. The lowest BCUT2D eigenvalue weighted by molar-refractivity contribution is -0.0244. The Balaban J connectivity index is 1.38. The number of ether oxygens (including phenoxy) is 1. The third-order valence-electron chi connectivity index (χ3n) is 11.0. The van der Waals surface area contributed by atoms with Crippen molar-refractivity contribution in [2.45, 2.75) is 108 Å². The van der Waals surface area contributed by atoms with E-state index in [1.54, 1.807) is 11.8 Å². The summed E-state index contributed by atoms with van der Waals surface area (Å²) in [5.74, 6) is 2.59. The summed E-state index contributed by atoms with van der Waals surface area (Å²) in [6.07, 6.45) is 2.10. The first kappa shape index (κ1) is 37.5. The first-order chi connectivity index (χ1) is 24.0. The molecule has 0 bridgehead atoms. The molecule has 2 aromatic carbocycles. The lowest BCUT2D eigenvalue weighted by Gasteiger charge is -2.44. The average Bonchev–Trinajstić information content (AvgIpc) is 3.77. The summed E-state index contributed by atoms with van der Waals surface area (Å²) in [6, 6.07) is 22.4. The zero-order valence-corrected chi connectivity index (χ0v) is 34.5. The van der Waals surface area contributed by atoms with Gasteiger partial charge in [0, 0.05) is 34.4 Å². The normalized spacial score (nSPS) is 20.4. The van der Waals surface area contributed by atoms with Gasteiger partial charge >= 0.3 is 0 Å². The van der Waals surface area contributed by atoms with Crippen LogP contribution in [0.4, 0.5) is 5.82 Å². The molecule has 0 radical (unpaired) electrons. The molecule has 272 valence electrons. The maximum atomic E-state index is 7.38. The Bertz CT molecular complexity index is 1880. The summed E-state index contributed by atoms with van der Waals surface area (Å²) < 4.78 is 30.0. The molecule has 4 heterocycles. The van der Waals surface area contributed by atoms with E-state index < -0.39 is 22.9 Å². The van der Waals surface area contributed by atoms with Crippen LogP contribution in [0.2, 0.25) is 36.3 Å². The lowest BCUT2D eigenvalue weighted by atomic mass is 10.0. The molecule has 4 atom stereocenters. The second-order valence-electron chi connectivity index (χ2n) is 16.6. The quantitative estimate of drug-likeness (QED) is 0.132. The van der Waals surface area contributed by atoms with E-state index in [1.165, 1.54) is 6.33 Å². The fourth-order valence-corrected chi connectivity index (χ4v) is 9.62. The van der Waals surface area contributed by atoms with Crippen molar-refractivity contribution < 1.29 is 18.1 Å². The zero-order valence-electron chi connectivity index (χ0n) is 31.6. The molecule has 0 amide bonds. The van der Waals surface area contributed by atoms with Crippen molar-refractivity contribution in [2.24, 2.45) is 0 Å². The second-order valence-corrected chi connectivity index (χ2v) is 27.1. The van der Waals surface area contributed by atoms with Gasteiger partial charge in [-0.3, -0.25) is 0 Å². The summed E-state index contributed by atoms with van der Waals surface area (Å²) in [5, 5.41) is 5.34. The molecule has 12 heteroatoms. The standard InChI is InChI=1S/C39H53N5O4SSi2/c1-38(2,3)50(7,8)47-33-30(24-49-23-29-31(26-17-13-11-14-18-26)43-46-32(29)27-19-15-12-16-20-27)45-37(34(33)48-51(9,10)39(4,5)6)44-22-21-28-35(40)41-25-42-36(28)44/h11-22,25,30,33-34,37H,23-24H2,1-10H3,(H2,40,41,42)/t30-,33-,34-,37-/m1/s1. The first-order valence-electron chi connectivity index (χ1n) is 17.7. The van der Waals surface area contributed by atoms with Crippen LogP contribution in [0.1, 0.15) is 53.3 Å². The molecule has 0 unspecified atom stereocenters. The molecule has 6 rings (SSSR count). The number of fused-ring (bicyclic) bond motifs is 1. The highest BCUT2D eigenvalue weighted by molar-refractivity contribution is 7.98. The molecule has 0 saturated carbocycles. The molecule has 1 aliphatic rings. The molecule has 2 N–H and O–H groups in total. The van der Waals surface area contributed by atoms with Crippen molar-refractivity contribution in [1.82, 2.24) is 19.7 Å². The number of thioether (sulfide) groups is 1. The minimum Gasteiger partial charge on any atom is -0.408 e. The minimum absolute atomic E-state index is 0.0102. The molecule has 0 spiro atoms. The van der Waals surface area contributed by atoms with E-state index in [2.05, 4.69) is 112 Å². The van der Waals surface area contributed by atoms with Gasteiger partial charge in [-0.05, 0) is 42.3 Å². The fraction of sp³-hybridized carbons (Fsp3) is 0.462. The molecular weight excluding hydrogens is 691 g/mol. The van der Waals surface area contributed by atoms with Gasteiger partial charge in [0.05, 0.1) is 11.5 Å². The molecule has 9 nitrogen and oxygen atoms in total. The van der Waals surface area contributed by atoms with Crippen molar-refractivity contribution in [3.63, 3.8) is 0 Å². The third-order valence-corrected chi connectivity index (χ3v) is 21.0. The van der Waals surface area contributed by atoms with Crippen molar-refractivity contribution in [3.8, 4) is 22.6 Å². The number of nitrogens with two attached hydrogens (primary N) is 1. The Morgan fingerprint density at radius 1 is 0.804 bits per heavy atom. The number of aromatic nitrogens is 4. The van der Waals surface area contributed by atoms with E-state index in [-0.39, 0.29) is 28.4 Å². The second kappa shape index (κ2) is 14.3. The van der Waals surface area contributed by atoms with Crippen LogP contribution in [0.3, 0.4) is 0 Å². The van der Waals surface area contributed by atoms with Gasteiger partial charge in [-0.25, -0.2) is 9.97 Å². The van der Waals surface area contributed by atoms with Gasteiger partial charge in [0.2, 0.25) is 0 Å². The monoisotopic (exact) mass is 743 g/mol. The number of hydrogen-bond donors (Lipinski definition) is 1. The molecular formula is C39H53N5O4SSi2. The smallest absolute Gasteiger partial charge is 0.192 e. The van der Waals surface area contributed by atoms with Crippen LogP contribution in [0, 0.1) is 0 Å². The van der Waals surface area contributed by atoms with E-state index in [9.17, 15) is 0 Å². The van der Waals surface area contributed by atoms with E-state index in [1.807, 2.05) is 48.7 Å². The fourth-order valence-electron chi connectivity index (χ4n) is 5.92. The van der Waals surface area contributed by atoms with E-state index in [4.69, 9.17) is 23.8 Å². The largest absolute Gasteiger partial charge is 0.408 e. The van der Waals surface area contributed by atoms with Crippen LogP contribution < -0.4 is 5.73 Å². The Morgan fingerprint density at radius 2 is 1.39 bits per heavy atom. The van der Waals surface area contributed by atoms with Gasteiger partial charge in [-0.15, -0.1) is 0 Å². The Labute approximate surface area is 308 Å². The van der Waals surface area contributed by atoms with Gasteiger partial charge in [-0.2, -0.15) is 11.8 Å². The summed E-state index contributed by atoms with van der Waals surface area (Å²) in [6.45, 7) is 22.9. The summed E-state index contributed by atoms with van der Waals surface area (Å²) in [7, 11) is -4.59. The highest BCUT2D eigenvalue weighted by Crippen LogP contribution is 2.47. The number of benzene rings is 2. The SMILES string of the molecule is CC(C)(C)[Si](C)(C)O[C@@H]1[C@H](O[Si](C)(C)C(C)(C)C)[C@@H](CSCc2c(-c3ccccc3)noc2-c2ccccc2)O[C@H]1n1ccc2c(N)ncnc21. The summed E-state index contributed by atoms with van der Waals surface area (Å²) in [5.41, 5.74) is 11.0. The van der Waals surface area contributed by atoms with Crippen molar-refractivity contribution >= 4 is 45.2 Å². The van der Waals surface area contributed by atoms with E-state index in [0.29, 0.717) is 17.3 Å². The zero-order chi connectivity index (χ0) is 36.8. The molecule has 1 aliphatic heterocycles. The Morgan fingerprint density at radius 3 is 2.00 bits per heavy atom. The van der Waals surface area contributed by atoms with Gasteiger partial charge in [0.25, 0.3) is 0 Å². The molecule has 51 heavy (non-hydrogen) atoms. The van der Waals surface area contributed by atoms with Gasteiger partial charge < -0.3 is 28.4 Å². The lowest BCUT2D eigenvalue weighted by Crippen LogP contribution is -2.53. The number of anilines is 1. The minimum atomic E-state index is -2.30. The van der Waals surface area contributed by atoms with Gasteiger partial charge in [-0.1, -0.05) is 107 Å². The number of nitrogen functional groups attached to an aromatic ring is 1. The maximum Gasteiger partial charge on any atom is 0.192 e. The van der Waals surface area contributed by atoms with Crippen LogP contribution >= 0.6 is 11.8 Å². The Kier molecular flexibility index (Phi) is 10.5. The topological polar surface area (TPSA) is 110 Å². The number of nitrogens with zero attached hydrogens (tertiary/aromatic N) is 4.